The van der Waals surface area contributed by atoms with Crippen LogP contribution >= 0.6 is 34.8 Å². The molecule has 1 heterocycles. The summed E-state index contributed by atoms with van der Waals surface area (Å²) in [4.78, 5) is 3.54. The third-order valence-corrected chi connectivity index (χ3v) is 4.41. The summed E-state index contributed by atoms with van der Waals surface area (Å²) in [7, 11) is -3.95. The second-order valence-electron chi connectivity index (χ2n) is 3.67. The van der Waals surface area contributed by atoms with Crippen LogP contribution in [0.2, 0.25) is 15.2 Å². The zero-order chi connectivity index (χ0) is 14.9. The normalized spacial score (nSPS) is 11.4. The van der Waals surface area contributed by atoms with Crippen LogP contribution in [0, 0.1) is 5.82 Å². The molecule has 1 N–H and O–H groups in total. The van der Waals surface area contributed by atoms with Crippen LogP contribution in [0.5, 0.6) is 0 Å². The number of sulfonamides is 1. The van der Waals surface area contributed by atoms with E-state index in [0.29, 0.717) is 0 Å². The smallest absolute Gasteiger partial charge is 0.263 e. The lowest BCUT2D eigenvalue weighted by molar-refractivity contribution is 0.600. The van der Waals surface area contributed by atoms with Gasteiger partial charge in [-0.2, -0.15) is 0 Å². The Balaban J connectivity index is 2.41. The van der Waals surface area contributed by atoms with Crippen molar-refractivity contribution in [3.8, 4) is 0 Å². The molecule has 0 radical (unpaired) electrons. The van der Waals surface area contributed by atoms with Crippen LogP contribution < -0.4 is 4.72 Å². The zero-order valence-corrected chi connectivity index (χ0v) is 12.7. The van der Waals surface area contributed by atoms with E-state index in [2.05, 4.69) is 9.71 Å². The van der Waals surface area contributed by atoms with E-state index < -0.39 is 15.8 Å². The van der Waals surface area contributed by atoms with Crippen LogP contribution in [0.25, 0.3) is 0 Å². The summed E-state index contributed by atoms with van der Waals surface area (Å²) in [6, 6.07) is 4.49. The van der Waals surface area contributed by atoms with Crippen LogP contribution in [-0.2, 0) is 10.0 Å². The number of nitrogens with one attached hydrogen (secondary N) is 1. The van der Waals surface area contributed by atoms with E-state index in [0.717, 1.165) is 18.3 Å². The highest BCUT2D eigenvalue weighted by molar-refractivity contribution is 7.92. The summed E-state index contributed by atoms with van der Waals surface area (Å²) in [5.41, 5.74) is -0.107. The molecule has 0 aliphatic carbocycles. The summed E-state index contributed by atoms with van der Waals surface area (Å²) in [5, 5.41) is -0.150. The van der Waals surface area contributed by atoms with E-state index in [4.69, 9.17) is 34.8 Å². The fourth-order valence-electron chi connectivity index (χ4n) is 1.35. The lowest BCUT2D eigenvalue weighted by Crippen LogP contribution is -2.14. The van der Waals surface area contributed by atoms with Gasteiger partial charge in [-0.25, -0.2) is 17.8 Å². The minimum Gasteiger partial charge on any atom is -0.277 e. The van der Waals surface area contributed by atoms with Crippen molar-refractivity contribution in [2.45, 2.75) is 4.90 Å². The Labute approximate surface area is 129 Å². The van der Waals surface area contributed by atoms with E-state index >= 15 is 0 Å². The summed E-state index contributed by atoms with van der Waals surface area (Å²) < 4.78 is 39.4. The van der Waals surface area contributed by atoms with Gasteiger partial charge in [-0.1, -0.05) is 34.8 Å². The first-order valence-corrected chi connectivity index (χ1v) is 7.70. The molecule has 4 nitrogen and oxygen atoms in total. The number of pyridine rings is 1. The predicted molar refractivity (Wildman–Crippen MR) is 76.5 cm³/mol. The van der Waals surface area contributed by atoms with Crippen molar-refractivity contribution in [3.63, 3.8) is 0 Å². The summed E-state index contributed by atoms with van der Waals surface area (Å²) in [6.07, 6.45) is 1.08. The minimum absolute atomic E-state index is 0.107. The molecule has 0 unspecified atom stereocenters. The molecule has 0 saturated heterocycles. The van der Waals surface area contributed by atoms with Crippen molar-refractivity contribution in [2.75, 3.05) is 4.72 Å². The molecule has 1 aromatic carbocycles. The maximum Gasteiger partial charge on any atom is 0.263 e. The van der Waals surface area contributed by atoms with Crippen molar-refractivity contribution in [2.24, 2.45) is 0 Å². The van der Waals surface area contributed by atoms with E-state index in [1.165, 1.54) is 12.1 Å². The first kappa shape index (κ1) is 15.3. The molecular weight excluding hydrogens is 350 g/mol. The van der Waals surface area contributed by atoms with Gasteiger partial charge in [-0.15, -0.1) is 0 Å². The highest BCUT2D eigenvalue weighted by Gasteiger charge is 2.19. The van der Waals surface area contributed by atoms with Crippen LogP contribution in [-0.4, -0.2) is 13.4 Å². The second kappa shape index (κ2) is 5.73. The molecule has 0 aliphatic heterocycles. The molecule has 0 amide bonds. The molecule has 0 saturated carbocycles. The van der Waals surface area contributed by atoms with Gasteiger partial charge in [-0.3, -0.25) is 4.72 Å². The van der Waals surface area contributed by atoms with Gasteiger partial charge in [0.2, 0.25) is 0 Å². The van der Waals surface area contributed by atoms with Gasteiger partial charge in [0, 0.05) is 6.20 Å². The van der Waals surface area contributed by atoms with Gasteiger partial charge in [0.15, 0.2) is 0 Å². The monoisotopic (exact) mass is 354 g/mol. The van der Waals surface area contributed by atoms with E-state index in [1.54, 1.807) is 0 Å². The largest absolute Gasteiger partial charge is 0.277 e. The number of nitrogens with zero attached hydrogens (tertiary/aromatic N) is 1. The Morgan fingerprint density at radius 2 is 1.70 bits per heavy atom. The topological polar surface area (TPSA) is 59.1 Å². The van der Waals surface area contributed by atoms with Crippen molar-refractivity contribution >= 4 is 50.5 Å². The number of aromatic nitrogens is 1. The molecule has 20 heavy (non-hydrogen) atoms. The van der Waals surface area contributed by atoms with E-state index in [-0.39, 0.29) is 25.8 Å². The number of anilines is 1. The van der Waals surface area contributed by atoms with E-state index in [9.17, 15) is 12.8 Å². The summed E-state index contributed by atoms with van der Waals surface area (Å²) in [5.74, 6) is -0.670. The lowest BCUT2D eigenvalue weighted by atomic mass is 10.3. The number of halogens is 4. The van der Waals surface area contributed by atoms with Crippen molar-refractivity contribution in [1.82, 2.24) is 4.98 Å². The average molecular weight is 356 g/mol. The Morgan fingerprint density at radius 3 is 2.20 bits per heavy atom. The molecule has 2 rings (SSSR count). The summed E-state index contributed by atoms with van der Waals surface area (Å²) in [6.45, 7) is 0. The molecule has 0 aliphatic rings. The fraction of sp³-hybridized carbons (Fsp3) is 0. The maximum atomic E-state index is 13.0. The Kier molecular flexibility index (Phi) is 4.39. The maximum absolute atomic E-state index is 13.0. The van der Waals surface area contributed by atoms with Gasteiger partial charge in [0.1, 0.15) is 15.9 Å². The van der Waals surface area contributed by atoms with Crippen LogP contribution in [0.4, 0.5) is 10.1 Å². The molecule has 0 spiro atoms. The molecule has 9 heteroatoms. The van der Waals surface area contributed by atoms with Crippen LogP contribution in [0.3, 0.4) is 0 Å². The van der Waals surface area contributed by atoms with Gasteiger partial charge in [0.25, 0.3) is 10.0 Å². The van der Waals surface area contributed by atoms with Crippen LogP contribution in [0.1, 0.15) is 0 Å². The number of hydrogen-bond acceptors (Lipinski definition) is 3. The van der Waals surface area contributed by atoms with Crippen molar-refractivity contribution in [1.29, 1.82) is 0 Å². The van der Waals surface area contributed by atoms with Crippen molar-refractivity contribution < 1.29 is 12.8 Å². The highest BCUT2D eigenvalue weighted by Crippen LogP contribution is 2.33. The molecule has 1 aromatic heterocycles. The Bertz CT molecular complexity index is 728. The van der Waals surface area contributed by atoms with Gasteiger partial charge < -0.3 is 0 Å². The van der Waals surface area contributed by atoms with Crippen molar-refractivity contribution in [3.05, 3.63) is 51.5 Å². The van der Waals surface area contributed by atoms with E-state index in [1.807, 2.05) is 0 Å². The Hall–Kier alpha value is -1.08. The molecule has 106 valence electrons. The second-order valence-corrected chi connectivity index (χ2v) is 6.55. The average Bonchev–Trinajstić information content (AvgIpc) is 2.34. The minimum atomic E-state index is -3.95. The summed E-state index contributed by atoms with van der Waals surface area (Å²) >= 11 is 17.1. The Morgan fingerprint density at radius 1 is 1.10 bits per heavy atom. The standard InChI is InChI=1S/C11H6Cl3FN2O2S/c12-8-3-6(15)4-9(13)11(8)17-20(18,19)7-1-2-10(14)16-5-7/h1-5,17H. The van der Waals surface area contributed by atoms with Gasteiger partial charge in [0.05, 0.1) is 15.7 Å². The SMILES string of the molecule is O=S(=O)(Nc1c(Cl)cc(F)cc1Cl)c1ccc(Cl)nc1. The number of rotatable bonds is 3. The third kappa shape index (κ3) is 3.32. The lowest BCUT2D eigenvalue weighted by Gasteiger charge is -2.11. The first-order chi connectivity index (χ1) is 9.29. The predicted octanol–water partition coefficient (Wildman–Crippen LogP) is 3.98. The molecule has 0 fully saturated rings. The fourth-order valence-corrected chi connectivity index (χ4v) is 3.18. The van der Waals surface area contributed by atoms with Crippen LogP contribution in [0.15, 0.2) is 35.4 Å². The molecular formula is C11H6Cl3FN2O2S. The highest BCUT2D eigenvalue weighted by atomic mass is 35.5. The molecule has 2 aromatic rings. The first-order valence-electron chi connectivity index (χ1n) is 5.08. The third-order valence-electron chi connectivity index (χ3n) is 2.25. The molecule has 0 bridgehead atoms. The zero-order valence-electron chi connectivity index (χ0n) is 9.57. The quantitative estimate of drug-likeness (QED) is 0.847. The number of hydrogen-bond donors (Lipinski definition) is 1. The number of benzene rings is 1. The van der Waals surface area contributed by atoms with Gasteiger partial charge in [-0.05, 0) is 24.3 Å². The van der Waals surface area contributed by atoms with Gasteiger partial charge >= 0.3 is 0 Å². The molecule has 0 atom stereocenters.